The number of thiophene rings is 1. The maximum atomic E-state index is 12.9. The van der Waals surface area contributed by atoms with Crippen molar-refractivity contribution >= 4 is 34.2 Å². The lowest BCUT2D eigenvalue weighted by atomic mass is 10.1. The summed E-state index contributed by atoms with van der Waals surface area (Å²) < 4.78 is 27.9. The second-order valence-corrected chi connectivity index (χ2v) is 7.35. The molecule has 162 valence electrons. The summed E-state index contributed by atoms with van der Waals surface area (Å²) in [6, 6.07) is 5.65. The standard InChI is InChI=1S/C20H23FN2O6S/c1-12-16(19(25)27-3)18(30-17(12)20(26)28-4)22-15(24)11-23(2)9-10-29-14-7-5-13(21)6-8-14/h5-8H,9-11H2,1-4H3,(H,22,24). The van der Waals surface area contributed by atoms with Gasteiger partial charge < -0.3 is 19.5 Å². The van der Waals surface area contributed by atoms with E-state index in [2.05, 4.69) is 5.32 Å². The maximum absolute atomic E-state index is 12.9. The Bertz CT molecular complexity index is 913. The molecule has 0 unspecified atom stereocenters. The molecule has 1 N–H and O–H groups in total. The van der Waals surface area contributed by atoms with Crippen molar-refractivity contribution in [3.05, 3.63) is 46.1 Å². The van der Waals surface area contributed by atoms with Crippen LogP contribution in [-0.2, 0) is 14.3 Å². The van der Waals surface area contributed by atoms with Gasteiger partial charge in [-0.1, -0.05) is 0 Å². The van der Waals surface area contributed by atoms with Gasteiger partial charge in [0, 0.05) is 6.54 Å². The fraction of sp³-hybridized carbons (Fsp3) is 0.350. The zero-order valence-corrected chi connectivity index (χ0v) is 17.9. The molecule has 0 saturated carbocycles. The summed E-state index contributed by atoms with van der Waals surface area (Å²) in [6.45, 7) is 2.35. The van der Waals surface area contributed by atoms with Gasteiger partial charge in [0.25, 0.3) is 0 Å². The SMILES string of the molecule is COC(=O)c1sc(NC(=O)CN(C)CCOc2ccc(F)cc2)c(C(=O)OC)c1C. The van der Waals surface area contributed by atoms with E-state index in [1.165, 1.54) is 38.5 Å². The van der Waals surface area contributed by atoms with Crippen molar-refractivity contribution < 1.29 is 33.0 Å². The molecule has 0 aliphatic carbocycles. The summed E-state index contributed by atoms with van der Waals surface area (Å²) in [5.74, 6) is -1.45. The van der Waals surface area contributed by atoms with E-state index in [-0.39, 0.29) is 33.7 Å². The average Bonchev–Trinajstić information content (AvgIpc) is 3.03. The molecule has 1 aromatic heterocycles. The predicted molar refractivity (Wildman–Crippen MR) is 110 cm³/mol. The fourth-order valence-corrected chi connectivity index (χ4v) is 3.71. The summed E-state index contributed by atoms with van der Waals surface area (Å²) >= 11 is 0.953. The highest BCUT2D eigenvalue weighted by Crippen LogP contribution is 2.34. The molecule has 8 nitrogen and oxygen atoms in total. The number of ether oxygens (including phenoxy) is 3. The molecule has 2 aromatic rings. The van der Waals surface area contributed by atoms with Crippen LogP contribution in [0.3, 0.4) is 0 Å². The third kappa shape index (κ3) is 6.01. The Morgan fingerprint density at radius 3 is 2.33 bits per heavy atom. The summed E-state index contributed by atoms with van der Waals surface area (Å²) in [4.78, 5) is 38.4. The number of methoxy groups -OCH3 is 2. The molecule has 1 heterocycles. The number of benzene rings is 1. The van der Waals surface area contributed by atoms with E-state index >= 15 is 0 Å². The van der Waals surface area contributed by atoms with Crippen LogP contribution in [0.15, 0.2) is 24.3 Å². The Morgan fingerprint density at radius 2 is 1.73 bits per heavy atom. The second kappa shape index (κ2) is 10.7. The highest BCUT2D eigenvalue weighted by Gasteiger charge is 2.26. The zero-order chi connectivity index (χ0) is 22.3. The van der Waals surface area contributed by atoms with E-state index in [9.17, 15) is 18.8 Å². The smallest absolute Gasteiger partial charge is 0.348 e. The van der Waals surface area contributed by atoms with E-state index in [1.807, 2.05) is 0 Å². The molecule has 0 atom stereocenters. The Labute approximate surface area is 177 Å². The summed E-state index contributed by atoms with van der Waals surface area (Å²) in [5.41, 5.74) is 0.508. The van der Waals surface area contributed by atoms with E-state index in [0.29, 0.717) is 24.5 Å². The molecule has 1 aromatic carbocycles. The van der Waals surface area contributed by atoms with Gasteiger partial charge >= 0.3 is 11.9 Å². The number of esters is 2. The number of nitrogens with zero attached hydrogens (tertiary/aromatic N) is 1. The van der Waals surface area contributed by atoms with E-state index in [1.54, 1.807) is 18.9 Å². The van der Waals surface area contributed by atoms with Crippen molar-refractivity contribution in [3.63, 3.8) is 0 Å². The van der Waals surface area contributed by atoms with Crippen LogP contribution in [-0.4, -0.2) is 63.7 Å². The minimum Gasteiger partial charge on any atom is -0.492 e. The van der Waals surface area contributed by atoms with Crippen LogP contribution in [0.25, 0.3) is 0 Å². The number of carbonyl (C=O) groups excluding carboxylic acids is 3. The predicted octanol–water partition coefficient (Wildman–Crippen LogP) is 2.72. The van der Waals surface area contributed by atoms with Gasteiger partial charge in [0.15, 0.2) is 0 Å². The first-order chi connectivity index (χ1) is 14.3. The fourth-order valence-electron chi connectivity index (χ4n) is 2.58. The summed E-state index contributed by atoms with van der Waals surface area (Å²) in [7, 11) is 4.19. The highest BCUT2D eigenvalue weighted by molar-refractivity contribution is 7.18. The van der Waals surface area contributed by atoms with Gasteiger partial charge in [-0.3, -0.25) is 9.69 Å². The van der Waals surface area contributed by atoms with Crippen LogP contribution < -0.4 is 10.1 Å². The van der Waals surface area contributed by atoms with Gasteiger partial charge in [0.1, 0.15) is 28.1 Å². The monoisotopic (exact) mass is 438 g/mol. The van der Waals surface area contributed by atoms with Crippen molar-refractivity contribution in [1.82, 2.24) is 4.90 Å². The Hall–Kier alpha value is -2.98. The van der Waals surface area contributed by atoms with Gasteiger partial charge in [-0.15, -0.1) is 11.3 Å². The number of likely N-dealkylation sites (N-methyl/N-ethyl adjacent to an activating group) is 1. The number of carbonyl (C=O) groups is 3. The number of amides is 1. The van der Waals surface area contributed by atoms with Crippen LogP contribution in [0.5, 0.6) is 5.75 Å². The Balaban J connectivity index is 1.96. The highest BCUT2D eigenvalue weighted by atomic mass is 32.1. The van der Waals surface area contributed by atoms with Crippen molar-refractivity contribution in [2.45, 2.75) is 6.92 Å². The van der Waals surface area contributed by atoms with Gasteiger partial charge in [-0.25, -0.2) is 14.0 Å². The first-order valence-corrected chi connectivity index (χ1v) is 9.75. The lowest BCUT2D eigenvalue weighted by Crippen LogP contribution is -2.33. The molecule has 0 spiro atoms. The third-order valence-corrected chi connectivity index (χ3v) is 5.32. The number of rotatable bonds is 9. The molecule has 0 bridgehead atoms. The second-order valence-electron chi connectivity index (χ2n) is 6.33. The normalized spacial score (nSPS) is 10.6. The van der Waals surface area contributed by atoms with Gasteiger partial charge in [-0.2, -0.15) is 0 Å². The number of hydrogen-bond donors (Lipinski definition) is 1. The molecule has 2 rings (SSSR count). The number of hydrogen-bond acceptors (Lipinski definition) is 8. The summed E-state index contributed by atoms with van der Waals surface area (Å²) in [6.07, 6.45) is 0. The molecule has 10 heteroatoms. The van der Waals surface area contributed by atoms with Gasteiger partial charge in [0.2, 0.25) is 5.91 Å². The van der Waals surface area contributed by atoms with Crippen LogP contribution in [0.1, 0.15) is 25.6 Å². The van der Waals surface area contributed by atoms with Crippen LogP contribution >= 0.6 is 11.3 Å². The Kier molecular flexibility index (Phi) is 8.31. The van der Waals surface area contributed by atoms with Crippen LogP contribution in [0.2, 0.25) is 0 Å². The van der Waals surface area contributed by atoms with Gasteiger partial charge in [-0.05, 0) is 43.8 Å². The van der Waals surface area contributed by atoms with Crippen molar-refractivity contribution in [2.75, 3.05) is 46.3 Å². The molecular formula is C20H23FN2O6S. The quantitative estimate of drug-likeness (QED) is 0.602. The first-order valence-electron chi connectivity index (χ1n) is 8.93. The number of nitrogens with one attached hydrogen (secondary N) is 1. The average molecular weight is 438 g/mol. The molecular weight excluding hydrogens is 415 g/mol. The number of anilines is 1. The van der Waals surface area contributed by atoms with Crippen molar-refractivity contribution in [2.24, 2.45) is 0 Å². The van der Waals surface area contributed by atoms with Crippen molar-refractivity contribution in [3.8, 4) is 5.75 Å². The zero-order valence-electron chi connectivity index (χ0n) is 17.1. The van der Waals surface area contributed by atoms with Crippen LogP contribution in [0, 0.1) is 12.7 Å². The lowest BCUT2D eigenvalue weighted by Gasteiger charge is -2.16. The molecule has 1 amide bonds. The molecule has 0 aliphatic heterocycles. The minimum atomic E-state index is -0.657. The first kappa shape index (κ1) is 23.3. The summed E-state index contributed by atoms with van der Waals surface area (Å²) in [5, 5.41) is 2.88. The molecule has 30 heavy (non-hydrogen) atoms. The maximum Gasteiger partial charge on any atom is 0.348 e. The molecule has 0 radical (unpaired) electrons. The molecule has 0 saturated heterocycles. The van der Waals surface area contributed by atoms with E-state index < -0.39 is 11.9 Å². The molecule has 0 aliphatic rings. The van der Waals surface area contributed by atoms with E-state index in [0.717, 1.165) is 11.3 Å². The number of halogens is 1. The topological polar surface area (TPSA) is 94.2 Å². The molecule has 0 fully saturated rings. The van der Waals surface area contributed by atoms with Crippen molar-refractivity contribution in [1.29, 1.82) is 0 Å². The van der Waals surface area contributed by atoms with Gasteiger partial charge in [0.05, 0.1) is 26.3 Å². The van der Waals surface area contributed by atoms with Crippen LogP contribution in [0.4, 0.5) is 9.39 Å². The Morgan fingerprint density at radius 1 is 1.10 bits per heavy atom. The lowest BCUT2D eigenvalue weighted by molar-refractivity contribution is -0.117. The minimum absolute atomic E-state index is 0.0257. The van der Waals surface area contributed by atoms with E-state index in [4.69, 9.17) is 14.2 Å². The third-order valence-electron chi connectivity index (χ3n) is 4.13. The largest absolute Gasteiger partial charge is 0.492 e.